The van der Waals surface area contributed by atoms with Gasteiger partial charge in [-0.25, -0.2) is 0 Å². The number of amides is 3. The van der Waals surface area contributed by atoms with Crippen LogP contribution >= 0.6 is 50.3 Å². The Hall–Kier alpha value is -4.72. The first-order chi connectivity index (χ1) is 25.7. The molecule has 0 aliphatic carbocycles. The molecule has 0 bridgehead atoms. The quantitative estimate of drug-likeness (QED) is 0.0587. The molecule has 1 aliphatic heterocycles. The minimum atomic E-state index is -0.715. The van der Waals surface area contributed by atoms with Crippen molar-refractivity contribution in [2.75, 3.05) is 12.4 Å². The molecule has 0 fully saturated rings. The number of thioether (sulfide) groups is 1. The van der Waals surface area contributed by atoms with Gasteiger partial charge in [0, 0.05) is 10.2 Å². The fraction of sp³-hybridized carbons (Fsp3) is 0.143. The van der Waals surface area contributed by atoms with Gasteiger partial charge in [-0.05, 0) is 95.1 Å². The summed E-state index contributed by atoms with van der Waals surface area (Å²) in [6.07, 6.45) is 8.21. The first-order valence-corrected chi connectivity index (χ1v) is 19.6. The Morgan fingerprint density at radius 1 is 1.00 bits per heavy atom. The zero-order valence-electron chi connectivity index (χ0n) is 29.1. The molecular formula is C42H37BrIN3O5S. The second kappa shape index (κ2) is 19.4. The zero-order valence-corrected chi connectivity index (χ0v) is 33.7. The van der Waals surface area contributed by atoms with Gasteiger partial charge in [-0.3, -0.25) is 19.3 Å². The molecule has 0 unspecified atom stereocenters. The summed E-state index contributed by atoms with van der Waals surface area (Å²) in [6.45, 7) is 8.10. The van der Waals surface area contributed by atoms with Gasteiger partial charge in [0.15, 0.2) is 16.7 Å². The second-order valence-electron chi connectivity index (χ2n) is 11.5. The van der Waals surface area contributed by atoms with Crippen molar-refractivity contribution in [2.24, 2.45) is 4.99 Å². The summed E-state index contributed by atoms with van der Waals surface area (Å²) in [6, 6.07) is 30.3. The lowest BCUT2D eigenvalue weighted by Crippen LogP contribution is -2.42. The van der Waals surface area contributed by atoms with Gasteiger partial charge in [0.05, 0.1) is 22.0 Å². The molecule has 0 saturated heterocycles. The number of nitrogens with zero attached hydrogens (tertiary/aromatic N) is 2. The van der Waals surface area contributed by atoms with E-state index in [-0.39, 0.29) is 22.4 Å². The van der Waals surface area contributed by atoms with Crippen LogP contribution in [0.3, 0.4) is 0 Å². The predicted molar refractivity (Wildman–Crippen MR) is 224 cm³/mol. The lowest BCUT2D eigenvalue weighted by molar-refractivity contribution is -0.126. The lowest BCUT2D eigenvalue weighted by Gasteiger charge is -2.28. The summed E-state index contributed by atoms with van der Waals surface area (Å²) >= 11 is 6.62. The van der Waals surface area contributed by atoms with E-state index in [1.807, 2.05) is 97.9 Å². The number of rotatable bonds is 14. The number of allylic oxidation sites excluding steroid dienone is 4. The molecule has 4 aromatic rings. The third kappa shape index (κ3) is 10.5. The molecule has 3 amide bonds. The molecular weight excluding hydrogens is 865 g/mol. The number of amidine groups is 1. The summed E-state index contributed by atoms with van der Waals surface area (Å²) in [4.78, 5) is 47.0. The SMILES string of the molecule is C=C/C=C\C(=C/C)N1C(=O)/C(=C/c2cc(I)c(OCc3ccc(Br)cc3)c(OCC)c2)C(=O)N=C1SCC(=O)NC(c1ccccc1)c1ccccc1. The van der Waals surface area contributed by atoms with Crippen molar-refractivity contribution in [3.8, 4) is 11.5 Å². The normalized spacial score (nSPS) is 14.1. The third-order valence-corrected chi connectivity index (χ3v) is 10.1. The molecule has 1 N–H and O–H groups in total. The Labute approximate surface area is 336 Å². The average Bonchev–Trinajstić information content (AvgIpc) is 3.16. The molecule has 4 aromatic carbocycles. The highest BCUT2D eigenvalue weighted by atomic mass is 127. The van der Waals surface area contributed by atoms with Crippen molar-refractivity contribution in [1.29, 1.82) is 0 Å². The maximum absolute atomic E-state index is 14.2. The third-order valence-electron chi connectivity index (χ3n) is 7.85. The van der Waals surface area contributed by atoms with Gasteiger partial charge >= 0.3 is 0 Å². The molecule has 1 heterocycles. The topological polar surface area (TPSA) is 97.3 Å². The maximum Gasteiger partial charge on any atom is 0.285 e. The van der Waals surface area contributed by atoms with Crippen LogP contribution in [0.25, 0.3) is 6.08 Å². The van der Waals surface area contributed by atoms with Gasteiger partial charge in [-0.1, -0.05) is 125 Å². The monoisotopic (exact) mass is 901 g/mol. The molecule has 0 spiro atoms. The Morgan fingerprint density at radius 2 is 1.66 bits per heavy atom. The first kappa shape index (κ1) is 39.5. The number of hydrogen-bond donors (Lipinski definition) is 1. The number of hydrogen-bond acceptors (Lipinski definition) is 6. The van der Waals surface area contributed by atoms with Gasteiger partial charge in [-0.2, -0.15) is 4.99 Å². The molecule has 11 heteroatoms. The summed E-state index contributed by atoms with van der Waals surface area (Å²) < 4.78 is 13.8. The summed E-state index contributed by atoms with van der Waals surface area (Å²) in [5, 5.41) is 3.20. The Morgan fingerprint density at radius 3 is 2.26 bits per heavy atom. The van der Waals surface area contributed by atoms with E-state index >= 15 is 0 Å². The summed E-state index contributed by atoms with van der Waals surface area (Å²) in [5.41, 5.74) is 3.72. The molecule has 270 valence electrons. The van der Waals surface area contributed by atoms with Crippen molar-refractivity contribution in [2.45, 2.75) is 26.5 Å². The lowest BCUT2D eigenvalue weighted by atomic mass is 9.99. The van der Waals surface area contributed by atoms with E-state index in [0.29, 0.717) is 36.0 Å². The highest BCUT2D eigenvalue weighted by molar-refractivity contribution is 14.1. The molecule has 53 heavy (non-hydrogen) atoms. The maximum atomic E-state index is 14.2. The number of carbonyl (C=O) groups excluding carboxylic acids is 3. The predicted octanol–water partition coefficient (Wildman–Crippen LogP) is 9.42. The van der Waals surface area contributed by atoms with Gasteiger partial charge in [-0.15, -0.1) is 0 Å². The van der Waals surface area contributed by atoms with Crippen molar-refractivity contribution in [3.05, 3.63) is 170 Å². The fourth-order valence-corrected chi connectivity index (χ4v) is 7.22. The van der Waals surface area contributed by atoms with Crippen LogP contribution in [-0.4, -0.2) is 40.1 Å². The van der Waals surface area contributed by atoms with E-state index in [0.717, 1.165) is 36.5 Å². The average molecular weight is 903 g/mol. The van der Waals surface area contributed by atoms with Crippen molar-refractivity contribution in [3.63, 3.8) is 0 Å². The Kier molecular flexibility index (Phi) is 14.4. The fourth-order valence-electron chi connectivity index (χ4n) is 5.37. The van der Waals surface area contributed by atoms with E-state index in [2.05, 4.69) is 55.4 Å². The van der Waals surface area contributed by atoms with E-state index < -0.39 is 17.9 Å². The van der Waals surface area contributed by atoms with Crippen LogP contribution < -0.4 is 14.8 Å². The smallest absolute Gasteiger partial charge is 0.285 e. The van der Waals surface area contributed by atoms with E-state index in [9.17, 15) is 14.4 Å². The van der Waals surface area contributed by atoms with Crippen LogP contribution in [0.5, 0.6) is 11.5 Å². The van der Waals surface area contributed by atoms with E-state index in [4.69, 9.17) is 9.47 Å². The van der Waals surface area contributed by atoms with Crippen LogP contribution in [0.4, 0.5) is 0 Å². The minimum absolute atomic E-state index is 0.0892. The molecule has 8 nitrogen and oxygen atoms in total. The summed E-state index contributed by atoms with van der Waals surface area (Å²) in [7, 11) is 0. The van der Waals surface area contributed by atoms with Crippen LogP contribution in [0.2, 0.25) is 0 Å². The number of carbonyl (C=O) groups is 3. The second-order valence-corrected chi connectivity index (χ2v) is 14.5. The molecule has 0 saturated carbocycles. The summed E-state index contributed by atoms with van der Waals surface area (Å²) in [5.74, 6) is -0.639. The number of ether oxygens (including phenoxy) is 2. The van der Waals surface area contributed by atoms with Crippen LogP contribution in [0.15, 0.2) is 149 Å². The zero-order chi connectivity index (χ0) is 37.7. The van der Waals surface area contributed by atoms with Gasteiger partial charge in [0.1, 0.15) is 12.2 Å². The number of aliphatic imine (C=N–C) groups is 1. The van der Waals surface area contributed by atoms with Crippen molar-refractivity contribution < 1.29 is 23.9 Å². The first-order valence-electron chi connectivity index (χ1n) is 16.7. The largest absolute Gasteiger partial charge is 0.490 e. The standard InChI is InChI=1S/C42H37BrIN3O5S/c1-4-7-18-33(5-2)47-41(50)34(23-29-24-35(44)39(36(25-29)51-6-3)52-26-28-19-21-32(43)22-20-28)40(49)46-42(47)53-27-37(48)45-38(30-14-10-8-11-15-30)31-16-12-9-13-17-31/h4-5,7-25,38H,1,6,26-27H2,2-3H3,(H,45,48)/b18-7-,33-5+,34-23+. The van der Waals surface area contributed by atoms with E-state index in [1.54, 1.807) is 37.3 Å². The molecule has 0 radical (unpaired) electrons. The van der Waals surface area contributed by atoms with Crippen LogP contribution in [0.1, 0.15) is 42.1 Å². The van der Waals surface area contributed by atoms with Gasteiger partial charge < -0.3 is 14.8 Å². The molecule has 5 rings (SSSR count). The highest BCUT2D eigenvalue weighted by Gasteiger charge is 2.35. The molecule has 1 aliphatic rings. The molecule has 0 atom stereocenters. The minimum Gasteiger partial charge on any atom is -0.490 e. The van der Waals surface area contributed by atoms with Crippen molar-refractivity contribution >= 4 is 79.2 Å². The highest BCUT2D eigenvalue weighted by Crippen LogP contribution is 2.36. The van der Waals surface area contributed by atoms with Crippen molar-refractivity contribution in [1.82, 2.24) is 10.2 Å². The van der Waals surface area contributed by atoms with Gasteiger partial charge in [0.2, 0.25) is 5.91 Å². The Bertz CT molecular complexity index is 2040. The number of halogens is 2. The Balaban J connectivity index is 1.42. The number of benzene rings is 4. The number of nitrogens with one attached hydrogen (secondary N) is 1. The van der Waals surface area contributed by atoms with Gasteiger partial charge in [0.25, 0.3) is 11.8 Å². The molecule has 0 aromatic heterocycles. The van der Waals surface area contributed by atoms with Crippen LogP contribution in [0, 0.1) is 3.57 Å². The van der Waals surface area contributed by atoms with E-state index in [1.165, 1.54) is 11.0 Å². The van der Waals surface area contributed by atoms with Crippen LogP contribution in [-0.2, 0) is 21.0 Å².